The van der Waals surface area contributed by atoms with Crippen LogP contribution in [0, 0.1) is 92.2 Å². The predicted molar refractivity (Wildman–Crippen MR) is 74.7 cm³/mol. The Kier molecular flexibility index (Phi) is 0.669. The first-order valence-electron chi connectivity index (χ1n) is 10.3. The van der Waals surface area contributed by atoms with Crippen LogP contribution < -0.4 is 0 Å². The Hall–Kier alpha value is 0. The van der Waals surface area contributed by atoms with Crippen LogP contribution >= 0.6 is 0 Å². The lowest BCUT2D eigenvalue weighted by atomic mass is 8.80. The van der Waals surface area contributed by atoms with Gasteiger partial charge in [-0.1, -0.05) is 6.92 Å². The second-order valence-corrected chi connectivity index (χ2v) is 12.2. The van der Waals surface area contributed by atoms with Gasteiger partial charge in [0.1, 0.15) is 0 Å². The van der Waals surface area contributed by atoms with Crippen molar-refractivity contribution in [2.75, 3.05) is 0 Å². The zero-order valence-corrected chi connectivity index (χ0v) is 12.7. The van der Waals surface area contributed by atoms with E-state index in [2.05, 4.69) is 6.92 Å². The maximum atomic E-state index is 2.81. The minimum absolute atomic E-state index is 0.913. The Morgan fingerprint density at radius 3 is 2.00 bits per heavy atom. The fourth-order valence-corrected chi connectivity index (χ4v) is 16.2. The average molecular weight is 274 g/mol. The first-order chi connectivity index (χ1) is 10.3. The number of hydrogen-bond acceptors (Lipinski definition) is 0. The summed E-state index contributed by atoms with van der Waals surface area (Å²) in [5.74, 6) is 14.2. The van der Waals surface area contributed by atoms with Crippen molar-refractivity contribution in [1.29, 1.82) is 0 Å². The van der Waals surface area contributed by atoms with Crippen LogP contribution in [-0.4, -0.2) is 0 Å². The van der Waals surface area contributed by atoms with Crippen LogP contribution in [-0.2, 0) is 0 Å². The third-order valence-electron chi connectivity index (χ3n) is 14.8. The number of hydrogen-bond donors (Lipinski definition) is 0. The van der Waals surface area contributed by atoms with Gasteiger partial charge in [0.25, 0.3) is 0 Å². The van der Waals surface area contributed by atoms with Gasteiger partial charge in [-0.15, -0.1) is 0 Å². The summed E-state index contributed by atoms with van der Waals surface area (Å²) in [6.45, 7) is 2.81. The van der Waals surface area contributed by atoms with Crippen molar-refractivity contribution in [1.82, 2.24) is 0 Å². The van der Waals surface area contributed by atoms with Gasteiger partial charge in [0, 0.05) is 0 Å². The largest absolute Gasteiger partial charge is 0.0585 e. The molecule has 0 radical (unpaired) electrons. The van der Waals surface area contributed by atoms with Crippen LogP contribution in [0.3, 0.4) is 0 Å². The van der Waals surface area contributed by atoms with Gasteiger partial charge >= 0.3 is 0 Å². The fourth-order valence-electron chi connectivity index (χ4n) is 16.2. The second-order valence-electron chi connectivity index (χ2n) is 12.2. The molecular formula is C21H22. The predicted octanol–water partition coefficient (Wildman–Crippen LogP) is 3.43. The third-order valence-corrected chi connectivity index (χ3v) is 14.8. The van der Waals surface area contributed by atoms with E-state index in [0.29, 0.717) is 0 Å². The minimum Gasteiger partial charge on any atom is -0.0585 e. The van der Waals surface area contributed by atoms with E-state index >= 15 is 0 Å². The molecule has 13 unspecified atom stereocenters. The topological polar surface area (TPSA) is 0 Å². The minimum atomic E-state index is 0.913. The van der Waals surface area contributed by atoms with Crippen molar-refractivity contribution in [2.45, 2.75) is 32.6 Å². The Bertz CT molecular complexity index is 773. The Morgan fingerprint density at radius 2 is 1.19 bits per heavy atom. The van der Waals surface area contributed by atoms with Crippen LogP contribution in [0.4, 0.5) is 0 Å². The van der Waals surface area contributed by atoms with Crippen LogP contribution in [0.1, 0.15) is 32.6 Å². The molecule has 11 aliphatic carbocycles. The van der Waals surface area contributed by atoms with Gasteiger partial charge in [0.2, 0.25) is 0 Å². The third kappa shape index (κ3) is 0.304. The van der Waals surface area contributed by atoms with E-state index in [4.69, 9.17) is 0 Å². The first kappa shape index (κ1) is 8.74. The summed E-state index contributed by atoms with van der Waals surface area (Å²) in [5, 5.41) is 0. The number of fused-ring (bicyclic) bond motifs is 7. The molecule has 21 heavy (non-hydrogen) atoms. The molecule has 0 saturated heterocycles. The molecule has 0 aromatic rings. The van der Waals surface area contributed by atoms with Gasteiger partial charge in [-0.3, -0.25) is 0 Å². The zero-order valence-electron chi connectivity index (χ0n) is 12.7. The Morgan fingerprint density at radius 1 is 0.571 bits per heavy atom. The molecule has 106 valence electrons. The standard InChI is InChI=1S/C21H22/c1-17-6-2-8(17)12-16-14-10-5-7-4-9-13-15-11(3-6)19(12,17)21(15,16)20(13,14)18(7,9)10/h6-16H,2-5H2,1H3/t6?,7-,8-,9?,10?,11?,12?,13?,14?,15?,16?,17-,18?,19?,20?,21?/m1/s1. The van der Waals surface area contributed by atoms with E-state index in [1.165, 1.54) is 65.1 Å². The van der Waals surface area contributed by atoms with Crippen LogP contribution in [0.15, 0.2) is 0 Å². The van der Waals surface area contributed by atoms with Gasteiger partial charge < -0.3 is 0 Å². The van der Waals surface area contributed by atoms with E-state index in [1.807, 2.05) is 0 Å². The highest BCUT2D eigenvalue weighted by Crippen LogP contribution is 3.25. The highest BCUT2D eigenvalue weighted by Gasteiger charge is 3.22. The summed E-state index contributed by atoms with van der Waals surface area (Å²) >= 11 is 0. The molecule has 0 bridgehead atoms. The van der Waals surface area contributed by atoms with Gasteiger partial charge in [-0.05, 0) is 118 Å². The van der Waals surface area contributed by atoms with Crippen molar-refractivity contribution in [3.8, 4) is 0 Å². The van der Waals surface area contributed by atoms with E-state index < -0.39 is 0 Å². The molecule has 0 heteroatoms. The molecule has 11 rings (SSSR count). The summed E-state index contributed by atoms with van der Waals surface area (Å²) in [4.78, 5) is 0. The summed E-state index contributed by atoms with van der Waals surface area (Å²) < 4.78 is 0. The Balaban J connectivity index is 1.29. The lowest BCUT2D eigenvalue weighted by molar-refractivity contribution is -0.771. The van der Waals surface area contributed by atoms with Crippen molar-refractivity contribution in [3.63, 3.8) is 0 Å². The lowest BCUT2D eigenvalue weighted by Crippen LogP contribution is -3.20. The summed E-state index contributed by atoms with van der Waals surface area (Å²) in [6.07, 6.45) is 6.82. The SMILES string of the molecule is C[C@@]12C3CC4C5C6C7C[C@@H]8CC9C%10C%11C([C@H]1C3)C42C5%11C6%10C798. The smallest absolute Gasteiger partial charge is 0.00938 e. The van der Waals surface area contributed by atoms with E-state index in [-0.39, 0.29) is 0 Å². The summed E-state index contributed by atoms with van der Waals surface area (Å²) in [5.41, 5.74) is 5.10. The Labute approximate surface area is 125 Å². The first-order valence-corrected chi connectivity index (χ1v) is 10.3. The van der Waals surface area contributed by atoms with Crippen molar-refractivity contribution >= 4 is 0 Å². The summed E-state index contributed by atoms with van der Waals surface area (Å²) in [6, 6.07) is 0. The molecule has 16 atom stereocenters. The molecule has 0 aliphatic heterocycles. The second kappa shape index (κ2) is 1.61. The van der Waals surface area contributed by atoms with E-state index in [9.17, 15) is 0 Å². The monoisotopic (exact) mass is 274 g/mol. The quantitative estimate of drug-likeness (QED) is 0.635. The van der Waals surface area contributed by atoms with Crippen LogP contribution in [0.2, 0.25) is 0 Å². The van der Waals surface area contributed by atoms with Crippen LogP contribution in [0.5, 0.6) is 0 Å². The molecule has 0 amide bonds. The van der Waals surface area contributed by atoms with Crippen molar-refractivity contribution in [3.05, 3.63) is 0 Å². The molecule has 11 fully saturated rings. The average Bonchev–Trinajstić information content (AvgIpc) is 2.49. The molecule has 0 aromatic heterocycles. The van der Waals surface area contributed by atoms with Crippen molar-refractivity contribution < 1.29 is 0 Å². The highest BCUT2D eigenvalue weighted by molar-refractivity contribution is 5.68. The molecule has 4 spiro atoms. The number of rotatable bonds is 0. The molecule has 0 nitrogen and oxygen atoms in total. The van der Waals surface area contributed by atoms with Gasteiger partial charge in [-0.2, -0.15) is 0 Å². The zero-order chi connectivity index (χ0) is 12.7. The van der Waals surface area contributed by atoms with Gasteiger partial charge in [-0.25, -0.2) is 0 Å². The van der Waals surface area contributed by atoms with E-state index in [0.717, 1.165) is 27.1 Å². The molecule has 0 N–H and O–H groups in total. The molecule has 11 saturated carbocycles. The van der Waals surface area contributed by atoms with Gasteiger partial charge in [0.05, 0.1) is 0 Å². The normalized spacial score (nSPS) is 107. The van der Waals surface area contributed by atoms with Gasteiger partial charge in [0.15, 0.2) is 0 Å². The highest BCUT2D eigenvalue weighted by atomic mass is 15.3. The molecule has 0 heterocycles. The van der Waals surface area contributed by atoms with Crippen molar-refractivity contribution in [2.24, 2.45) is 92.2 Å². The lowest BCUT2D eigenvalue weighted by Gasteiger charge is -3.23. The molecular weight excluding hydrogens is 252 g/mol. The molecule has 0 aromatic carbocycles. The summed E-state index contributed by atoms with van der Waals surface area (Å²) in [7, 11) is 0. The van der Waals surface area contributed by atoms with E-state index in [1.54, 1.807) is 25.7 Å². The maximum absolute atomic E-state index is 2.81. The fraction of sp³-hybridized carbons (Fsp3) is 1.00. The molecule has 11 aliphatic rings. The maximum Gasteiger partial charge on any atom is -0.00938 e. The van der Waals surface area contributed by atoms with Crippen LogP contribution in [0.25, 0.3) is 0 Å².